The normalized spacial score (nSPS) is 12.2. The van der Waals surface area contributed by atoms with E-state index < -0.39 is 0 Å². The summed E-state index contributed by atoms with van der Waals surface area (Å²) in [5.74, 6) is 0.929. The van der Waals surface area contributed by atoms with Crippen molar-refractivity contribution in [3.63, 3.8) is 0 Å². The minimum Gasteiger partial charge on any atom is -0.494 e. The van der Waals surface area contributed by atoms with Crippen molar-refractivity contribution in [3.05, 3.63) is 63.6 Å². The van der Waals surface area contributed by atoms with Crippen LogP contribution in [0, 0.1) is 6.92 Å². The maximum atomic E-state index is 5.64. The van der Waals surface area contributed by atoms with Crippen LogP contribution in [0.2, 0.25) is 0 Å². The lowest BCUT2D eigenvalue weighted by Gasteiger charge is -2.19. The molecule has 1 atom stereocenters. The van der Waals surface area contributed by atoms with E-state index in [4.69, 9.17) is 4.74 Å². The molecule has 0 amide bonds. The van der Waals surface area contributed by atoms with Gasteiger partial charge in [0.1, 0.15) is 5.75 Å². The van der Waals surface area contributed by atoms with Gasteiger partial charge in [-0.2, -0.15) is 0 Å². The van der Waals surface area contributed by atoms with Crippen molar-refractivity contribution in [1.29, 1.82) is 0 Å². The number of benzene rings is 2. The molecule has 0 fully saturated rings. The molecule has 112 valence electrons. The summed E-state index contributed by atoms with van der Waals surface area (Å²) in [4.78, 5) is 0. The predicted octanol–water partition coefficient (Wildman–Crippen LogP) is 4.86. The first-order valence-corrected chi connectivity index (χ1v) is 8.11. The second kappa shape index (κ2) is 7.62. The molecule has 2 aromatic carbocycles. The van der Waals surface area contributed by atoms with Crippen molar-refractivity contribution in [2.45, 2.75) is 26.3 Å². The zero-order valence-corrected chi connectivity index (χ0v) is 14.4. The van der Waals surface area contributed by atoms with Gasteiger partial charge in [0.2, 0.25) is 0 Å². The number of hydrogen-bond acceptors (Lipinski definition) is 2. The second-order valence-electron chi connectivity index (χ2n) is 5.16. The number of hydrogen-bond donors (Lipinski definition) is 1. The highest BCUT2D eigenvalue weighted by molar-refractivity contribution is 9.10. The molecule has 0 bridgehead atoms. The van der Waals surface area contributed by atoms with Crippen LogP contribution in [-0.2, 0) is 0 Å². The van der Waals surface area contributed by atoms with Gasteiger partial charge in [0.25, 0.3) is 0 Å². The molecular weight excluding hydrogens is 326 g/mol. The Kier molecular flexibility index (Phi) is 5.83. The Labute approximate surface area is 135 Å². The molecular formula is C18H22BrNO. The summed E-state index contributed by atoms with van der Waals surface area (Å²) < 4.78 is 6.77. The summed E-state index contributed by atoms with van der Waals surface area (Å²) in [6.45, 7) is 4.99. The van der Waals surface area contributed by atoms with Gasteiger partial charge in [0.15, 0.2) is 0 Å². The Morgan fingerprint density at radius 3 is 2.48 bits per heavy atom. The second-order valence-corrected chi connectivity index (χ2v) is 6.02. The highest BCUT2D eigenvalue weighted by Crippen LogP contribution is 2.30. The van der Waals surface area contributed by atoms with Crippen LogP contribution in [0.25, 0.3) is 0 Å². The van der Waals surface area contributed by atoms with Gasteiger partial charge < -0.3 is 10.1 Å². The van der Waals surface area contributed by atoms with Crippen molar-refractivity contribution < 1.29 is 4.74 Å². The van der Waals surface area contributed by atoms with Crippen LogP contribution in [0.1, 0.15) is 36.1 Å². The number of rotatable bonds is 6. The summed E-state index contributed by atoms with van der Waals surface area (Å²) in [5.41, 5.74) is 3.74. The monoisotopic (exact) mass is 347 g/mol. The molecule has 0 radical (unpaired) electrons. The van der Waals surface area contributed by atoms with E-state index in [2.05, 4.69) is 65.4 Å². The molecule has 0 spiro atoms. The molecule has 21 heavy (non-hydrogen) atoms. The molecule has 2 aromatic rings. The standard InChI is InChI=1S/C18H22BrNO/c1-4-11-21-15-8-6-14(7-9-15)18(20-3)16-12-13(2)5-10-17(16)19/h5-10,12,18,20H,4,11H2,1-3H3. The molecule has 0 heterocycles. The molecule has 0 aromatic heterocycles. The third kappa shape index (κ3) is 4.08. The highest BCUT2D eigenvalue weighted by atomic mass is 79.9. The molecule has 1 N–H and O–H groups in total. The van der Waals surface area contributed by atoms with Crippen LogP contribution in [0.4, 0.5) is 0 Å². The van der Waals surface area contributed by atoms with Gasteiger partial charge in [-0.3, -0.25) is 0 Å². The van der Waals surface area contributed by atoms with Crippen LogP contribution in [0.15, 0.2) is 46.9 Å². The Hall–Kier alpha value is -1.32. The fraction of sp³-hybridized carbons (Fsp3) is 0.333. The largest absolute Gasteiger partial charge is 0.494 e. The fourth-order valence-corrected chi connectivity index (χ4v) is 2.84. The van der Waals surface area contributed by atoms with E-state index in [0.717, 1.165) is 23.2 Å². The SMILES string of the molecule is CCCOc1ccc(C(NC)c2cc(C)ccc2Br)cc1. The highest BCUT2D eigenvalue weighted by Gasteiger charge is 2.15. The van der Waals surface area contributed by atoms with E-state index >= 15 is 0 Å². The number of aryl methyl sites for hydroxylation is 1. The maximum Gasteiger partial charge on any atom is 0.119 e. The van der Waals surface area contributed by atoms with E-state index in [9.17, 15) is 0 Å². The molecule has 0 saturated carbocycles. The molecule has 2 rings (SSSR count). The van der Waals surface area contributed by atoms with Gasteiger partial charge in [0.05, 0.1) is 12.6 Å². The van der Waals surface area contributed by atoms with Gasteiger partial charge in [-0.25, -0.2) is 0 Å². The maximum absolute atomic E-state index is 5.64. The average molecular weight is 348 g/mol. The van der Waals surface area contributed by atoms with E-state index in [1.807, 2.05) is 19.2 Å². The van der Waals surface area contributed by atoms with Crippen molar-refractivity contribution >= 4 is 15.9 Å². The lowest BCUT2D eigenvalue weighted by molar-refractivity contribution is 0.317. The summed E-state index contributed by atoms with van der Waals surface area (Å²) in [6.07, 6.45) is 1.02. The van der Waals surface area contributed by atoms with Crippen LogP contribution >= 0.6 is 15.9 Å². The van der Waals surface area contributed by atoms with Crippen molar-refractivity contribution in [2.75, 3.05) is 13.7 Å². The molecule has 1 unspecified atom stereocenters. The molecule has 0 aliphatic rings. The summed E-state index contributed by atoms with van der Waals surface area (Å²) in [6, 6.07) is 14.9. The molecule has 0 aliphatic carbocycles. The predicted molar refractivity (Wildman–Crippen MR) is 92.0 cm³/mol. The Morgan fingerprint density at radius 1 is 1.14 bits per heavy atom. The van der Waals surface area contributed by atoms with Crippen LogP contribution < -0.4 is 10.1 Å². The average Bonchev–Trinajstić information content (AvgIpc) is 2.50. The fourth-order valence-electron chi connectivity index (χ4n) is 2.36. The third-order valence-electron chi connectivity index (χ3n) is 3.44. The summed E-state index contributed by atoms with van der Waals surface area (Å²) in [7, 11) is 1.99. The van der Waals surface area contributed by atoms with E-state index in [0.29, 0.717) is 0 Å². The van der Waals surface area contributed by atoms with E-state index in [1.165, 1.54) is 16.7 Å². The minimum absolute atomic E-state index is 0.166. The topological polar surface area (TPSA) is 21.3 Å². The molecule has 0 aliphatic heterocycles. The zero-order valence-electron chi connectivity index (χ0n) is 12.8. The smallest absolute Gasteiger partial charge is 0.119 e. The first-order valence-electron chi connectivity index (χ1n) is 7.31. The van der Waals surface area contributed by atoms with Gasteiger partial charge >= 0.3 is 0 Å². The third-order valence-corrected chi connectivity index (χ3v) is 4.16. The Morgan fingerprint density at radius 2 is 1.86 bits per heavy atom. The number of ether oxygens (including phenoxy) is 1. The van der Waals surface area contributed by atoms with E-state index in [-0.39, 0.29) is 6.04 Å². The van der Waals surface area contributed by atoms with Crippen LogP contribution in [-0.4, -0.2) is 13.7 Å². The number of halogens is 1. The van der Waals surface area contributed by atoms with Crippen LogP contribution in [0.5, 0.6) is 5.75 Å². The van der Waals surface area contributed by atoms with Gasteiger partial charge in [-0.15, -0.1) is 0 Å². The Bertz CT molecular complexity index is 580. The molecule has 0 saturated heterocycles. The first-order chi connectivity index (χ1) is 10.2. The first kappa shape index (κ1) is 16.1. The zero-order chi connectivity index (χ0) is 15.2. The van der Waals surface area contributed by atoms with Gasteiger partial charge in [-0.1, -0.05) is 52.7 Å². The number of nitrogens with one attached hydrogen (secondary N) is 1. The van der Waals surface area contributed by atoms with Crippen LogP contribution in [0.3, 0.4) is 0 Å². The summed E-state index contributed by atoms with van der Waals surface area (Å²) in [5, 5.41) is 3.39. The van der Waals surface area contributed by atoms with E-state index in [1.54, 1.807) is 0 Å². The molecule has 3 heteroatoms. The van der Waals surface area contributed by atoms with Crippen molar-refractivity contribution in [2.24, 2.45) is 0 Å². The van der Waals surface area contributed by atoms with Gasteiger partial charge in [-0.05, 0) is 49.7 Å². The lowest BCUT2D eigenvalue weighted by Crippen LogP contribution is -2.18. The van der Waals surface area contributed by atoms with Crippen molar-refractivity contribution in [1.82, 2.24) is 5.32 Å². The Balaban J connectivity index is 2.26. The summed E-state index contributed by atoms with van der Waals surface area (Å²) >= 11 is 3.65. The van der Waals surface area contributed by atoms with Gasteiger partial charge in [0, 0.05) is 4.47 Å². The molecule has 2 nitrogen and oxygen atoms in total. The lowest BCUT2D eigenvalue weighted by atomic mass is 9.97. The van der Waals surface area contributed by atoms with Crippen molar-refractivity contribution in [3.8, 4) is 5.75 Å². The quantitative estimate of drug-likeness (QED) is 0.805. The minimum atomic E-state index is 0.166.